The van der Waals surface area contributed by atoms with Gasteiger partial charge in [0.15, 0.2) is 0 Å². The van der Waals surface area contributed by atoms with Gasteiger partial charge in [0, 0.05) is 98.1 Å². The number of ketones is 1. The van der Waals surface area contributed by atoms with Gasteiger partial charge in [0.1, 0.15) is 0 Å². The molecule has 0 atom stereocenters. The first-order chi connectivity index (χ1) is 7.52. The van der Waals surface area contributed by atoms with Gasteiger partial charge in [0.05, 0.1) is 0 Å². The van der Waals surface area contributed by atoms with Crippen molar-refractivity contribution in [3.63, 3.8) is 0 Å². The molecule has 0 heterocycles. The molecule has 0 saturated heterocycles. The number of rotatable bonds is 5. The Bertz CT molecular complexity index is 339. The molecule has 0 saturated carbocycles. The fourth-order valence-corrected chi connectivity index (χ4v) is 1.66. The van der Waals surface area contributed by atoms with E-state index in [1.165, 1.54) is 5.92 Å². The molecule has 0 aliphatic heterocycles. The van der Waals surface area contributed by atoms with E-state index in [1.807, 2.05) is 25.1 Å². The first-order valence-electron chi connectivity index (χ1n) is 5.57. The van der Waals surface area contributed by atoms with Gasteiger partial charge in [-0.25, -0.2) is 12.0 Å². The minimum Gasteiger partial charge on any atom is -0.351 e. The molecule has 1 aromatic rings. The van der Waals surface area contributed by atoms with Crippen molar-refractivity contribution < 1.29 is 103 Å². The van der Waals surface area contributed by atoms with E-state index in [-0.39, 0.29) is 104 Å². The van der Waals surface area contributed by atoms with Crippen LogP contribution in [0.1, 0.15) is 39.7 Å². The molecular formula is C15H19OY3-3. The Morgan fingerprint density at radius 3 is 1.84 bits per heavy atom. The van der Waals surface area contributed by atoms with Gasteiger partial charge in [-0.2, -0.15) is 32.9 Å². The van der Waals surface area contributed by atoms with E-state index in [2.05, 4.69) is 26.0 Å². The van der Waals surface area contributed by atoms with Crippen molar-refractivity contribution in [2.75, 3.05) is 0 Å². The third-order valence-corrected chi connectivity index (χ3v) is 2.63. The number of carbonyl (C=O) groups is 1. The summed E-state index contributed by atoms with van der Waals surface area (Å²) in [4.78, 5) is 11.5. The molecule has 0 N–H and O–H groups in total. The average Bonchev–Trinajstić information content (AvgIpc) is 2.26. The molecule has 0 unspecified atom stereocenters. The quantitative estimate of drug-likeness (QED) is 0.585. The van der Waals surface area contributed by atoms with Crippen LogP contribution in [-0.2, 0) is 103 Å². The minimum atomic E-state index is 0. The summed E-state index contributed by atoms with van der Waals surface area (Å²) >= 11 is 0. The first-order valence-corrected chi connectivity index (χ1v) is 5.57. The van der Waals surface area contributed by atoms with Crippen LogP contribution >= 0.6 is 0 Å². The second-order valence-corrected chi connectivity index (χ2v) is 4.41. The molecule has 0 aromatic heterocycles. The van der Waals surface area contributed by atoms with Crippen LogP contribution in [-0.4, -0.2) is 5.78 Å². The summed E-state index contributed by atoms with van der Waals surface area (Å²) in [7, 11) is 0. The van der Waals surface area contributed by atoms with Crippen molar-refractivity contribution in [1.29, 1.82) is 0 Å². The second-order valence-electron chi connectivity index (χ2n) is 4.41. The summed E-state index contributed by atoms with van der Waals surface area (Å²) in [6.45, 7) is 7.73. The number of Topliss-reactive ketones (excluding diaryl/α,β-unsaturated/α-hetero) is 1. The normalized spacial score (nSPS) is 8.68. The topological polar surface area (TPSA) is 17.1 Å². The Morgan fingerprint density at radius 1 is 1.00 bits per heavy atom. The van der Waals surface area contributed by atoms with Crippen LogP contribution in [0.15, 0.2) is 30.3 Å². The molecule has 3 radical (unpaired) electrons. The predicted octanol–water partition coefficient (Wildman–Crippen LogP) is 3.79. The maximum Gasteiger partial charge on any atom is 0 e. The largest absolute Gasteiger partial charge is 0.351 e. The zero-order valence-corrected chi connectivity index (χ0v) is 20.7. The van der Waals surface area contributed by atoms with Gasteiger partial charge in [0.2, 0.25) is 0 Å². The summed E-state index contributed by atoms with van der Waals surface area (Å²) in [5, 5.41) is 0. The van der Waals surface area contributed by atoms with Crippen LogP contribution < -0.4 is 0 Å². The molecule has 19 heavy (non-hydrogen) atoms. The van der Waals surface area contributed by atoms with E-state index in [9.17, 15) is 4.79 Å². The van der Waals surface area contributed by atoms with E-state index in [0.29, 0.717) is 0 Å². The van der Waals surface area contributed by atoms with Crippen molar-refractivity contribution >= 4 is 5.78 Å². The van der Waals surface area contributed by atoms with Crippen LogP contribution in [0.2, 0.25) is 0 Å². The van der Waals surface area contributed by atoms with Crippen LogP contribution in [0.3, 0.4) is 0 Å². The van der Waals surface area contributed by atoms with Gasteiger partial charge >= 0.3 is 0 Å². The molecule has 0 amide bonds. The second kappa shape index (κ2) is 13.6. The zero-order valence-electron chi connectivity index (χ0n) is 12.2. The first kappa shape index (κ1) is 25.9. The Hall–Kier alpha value is 1.94. The maximum atomic E-state index is 11.5. The summed E-state index contributed by atoms with van der Waals surface area (Å²) in [6.07, 6.45) is 0.870. The van der Waals surface area contributed by atoms with Gasteiger partial charge in [-0.05, 0) is 12.7 Å². The van der Waals surface area contributed by atoms with Crippen LogP contribution in [0.4, 0.5) is 0 Å². The van der Waals surface area contributed by atoms with Crippen LogP contribution in [0.5, 0.6) is 0 Å². The summed E-state index contributed by atoms with van der Waals surface area (Å²) in [6, 6.07) is 10.1. The smallest absolute Gasteiger partial charge is 0 e. The third-order valence-electron chi connectivity index (χ3n) is 2.63. The van der Waals surface area contributed by atoms with Crippen LogP contribution in [0.25, 0.3) is 0 Å². The third kappa shape index (κ3) is 9.54. The van der Waals surface area contributed by atoms with Gasteiger partial charge < -0.3 is 22.5 Å². The molecular weight excluding hydrogens is 463 g/mol. The van der Waals surface area contributed by atoms with Crippen molar-refractivity contribution in [2.24, 2.45) is 0 Å². The zero-order chi connectivity index (χ0) is 12.1. The molecule has 0 aliphatic carbocycles. The standard InChI is InChI=1S/C15H19O.3Y/c1-11(2)10-15(12(3)13(4)16)14-8-6-5-7-9-14;;;/h5-9H,10H2,1-4H3;;;/q-3;;;. The summed E-state index contributed by atoms with van der Waals surface area (Å²) < 4.78 is 0. The summed E-state index contributed by atoms with van der Waals surface area (Å²) in [5.74, 6) is 3.49. The number of benzene rings is 1. The molecule has 0 aliphatic rings. The molecule has 1 rings (SSSR count). The molecule has 1 aromatic carbocycles. The van der Waals surface area contributed by atoms with Gasteiger partial charge in [0.25, 0.3) is 0 Å². The molecule has 97 valence electrons. The van der Waals surface area contributed by atoms with E-state index >= 15 is 0 Å². The molecule has 0 bridgehead atoms. The predicted molar refractivity (Wildman–Crippen MR) is 67.6 cm³/mol. The van der Waals surface area contributed by atoms with Gasteiger partial charge in [-0.3, -0.25) is 0 Å². The fourth-order valence-electron chi connectivity index (χ4n) is 1.66. The molecule has 0 fully saturated rings. The van der Waals surface area contributed by atoms with Crippen LogP contribution in [0, 0.1) is 17.8 Å². The monoisotopic (exact) mass is 482 g/mol. The average molecular weight is 482 g/mol. The van der Waals surface area contributed by atoms with E-state index in [1.54, 1.807) is 6.92 Å². The van der Waals surface area contributed by atoms with E-state index in [4.69, 9.17) is 0 Å². The van der Waals surface area contributed by atoms with E-state index in [0.717, 1.165) is 23.8 Å². The minimum absolute atomic E-state index is 0. The number of hydrogen-bond acceptors (Lipinski definition) is 1. The SMILES string of the molecule is CC(=O)[C-](C)[C-](C[C-](C)C)c1ccccc1.[Y].[Y].[Y]. The number of hydrogen-bond donors (Lipinski definition) is 0. The molecule has 0 spiro atoms. The Kier molecular flexibility index (Phi) is 18.5. The summed E-state index contributed by atoms with van der Waals surface area (Å²) in [5.41, 5.74) is 1.15. The molecule has 4 heteroatoms. The Balaban J connectivity index is -0.000000853. The Morgan fingerprint density at radius 2 is 1.47 bits per heavy atom. The van der Waals surface area contributed by atoms with Gasteiger partial charge in [-0.15, -0.1) is 12.1 Å². The number of carbonyl (C=O) groups excluding carboxylic acids is 1. The van der Waals surface area contributed by atoms with Crippen molar-refractivity contribution in [3.8, 4) is 0 Å². The van der Waals surface area contributed by atoms with Crippen molar-refractivity contribution in [2.45, 2.75) is 34.1 Å². The van der Waals surface area contributed by atoms with E-state index < -0.39 is 0 Å². The van der Waals surface area contributed by atoms with Crippen molar-refractivity contribution in [3.05, 3.63) is 53.6 Å². The van der Waals surface area contributed by atoms with Gasteiger partial charge in [-0.1, -0.05) is 6.07 Å². The molecule has 1 nitrogen and oxygen atoms in total. The maximum absolute atomic E-state index is 11.5. The van der Waals surface area contributed by atoms with Crippen molar-refractivity contribution in [1.82, 2.24) is 0 Å². The fraction of sp³-hybridized carbons (Fsp3) is 0.333. The Labute approximate surface area is 193 Å².